The molecule has 1 N–H and O–H groups in total. The standard InChI is InChI=1S/C10H18O4/c1-3-8-9-4-7(5-12-2)13-10(8,6-11)14-9/h7-9,11H,3-6H2,1-2H3. The summed E-state index contributed by atoms with van der Waals surface area (Å²) in [4.78, 5) is 0. The second-order valence-electron chi connectivity index (χ2n) is 4.07. The van der Waals surface area contributed by atoms with Crippen molar-refractivity contribution in [1.29, 1.82) is 0 Å². The van der Waals surface area contributed by atoms with E-state index in [1.165, 1.54) is 0 Å². The fourth-order valence-electron chi connectivity index (χ4n) is 2.61. The molecule has 3 rings (SSSR count). The lowest BCUT2D eigenvalue weighted by Gasteiger charge is -2.59. The average molecular weight is 202 g/mol. The summed E-state index contributed by atoms with van der Waals surface area (Å²) in [5, 5.41) is 9.28. The molecule has 2 bridgehead atoms. The third kappa shape index (κ3) is 1.37. The summed E-state index contributed by atoms with van der Waals surface area (Å²) in [5.41, 5.74) is 0. The Bertz CT molecular complexity index is 208. The van der Waals surface area contributed by atoms with Crippen LogP contribution in [0.25, 0.3) is 0 Å². The summed E-state index contributed by atoms with van der Waals surface area (Å²) in [6.45, 7) is 2.63. The van der Waals surface area contributed by atoms with E-state index in [1.807, 2.05) is 0 Å². The van der Waals surface area contributed by atoms with Crippen LogP contribution in [0.15, 0.2) is 0 Å². The second-order valence-corrected chi connectivity index (χ2v) is 4.07. The van der Waals surface area contributed by atoms with E-state index in [4.69, 9.17) is 14.2 Å². The molecule has 0 spiro atoms. The van der Waals surface area contributed by atoms with Crippen LogP contribution in [0, 0.1) is 5.92 Å². The maximum absolute atomic E-state index is 9.28. The SMILES string of the molecule is CCC1C2CC(COC)OC1(CO)O2. The van der Waals surface area contributed by atoms with Gasteiger partial charge < -0.3 is 19.3 Å². The molecule has 4 nitrogen and oxygen atoms in total. The minimum Gasteiger partial charge on any atom is -0.391 e. The number of fused-ring (bicyclic) bond motifs is 2. The van der Waals surface area contributed by atoms with Gasteiger partial charge >= 0.3 is 0 Å². The largest absolute Gasteiger partial charge is 0.391 e. The van der Waals surface area contributed by atoms with Crippen LogP contribution >= 0.6 is 0 Å². The molecule has 0 amide bonds. The van der Waals surface area contributed by atoms with Crippen LogP contribution in [0.4, 0.5) is 0 Å². The summed E-state index contributed by atoms with van der Waals surface area (Å²) < 4.78 is 16.3. The van der Waals surface area contributed by atoms with Gasteiger partial charge in [0.25, 0.3) is 0 Å². The van der Waals surface area contributed by atoms with E-state index in [0.717, 1.165) is 12.8 Å². The van der Waals surface area contributed by atoms with E-state index in [1.54, 1.807) is 7.11 Å². The molecule has 3 aliphatic rings. The third-order valence-electron chi connectivity index (χ3n) is 3.24. The van der Waals surface area contributed by atoms with Gasteiger partial charge in [-0.1, -0.05) is 6.92 Å². The van der Waals surface area contributed by atoms with Gasteiger partial charge in [-0.2, -0.15) is 0 Å². The zero-order valence-corrected chi connectivity index (χ0v) is 8.73. The Kier molecular flexibility index (Phi) is 2.79. The van der Waals surface area contributed by atoms with Crippen LogP contribution in [0.2, 0.25) is 0 Å². The van der Waals surface area contributed by atoms with E-state index in [0.29, 0.717) is 12.5 Å². The van der Waals surface area contributed by atoms with Gasteiger partial charge in [0.15, 0.2) is 5.79 Å². The number of hydrogen-bond acceptors (Lipinski definition) is 4. The average Bonchev–Trinajstić information content (AvgIpc) is 2.18. The number of aliphatic hydroxyl groups excluding tert-OH is 1. The van der Waals surface area contributed by atoms with Crippen molar-refractivity contribution in [3.05, 3.63) is 0 Å². The van der Waals surface area contributed by atoms with E-state index in [9.17, 15) is 5.11 Å². The molecule has 3 aliphatic heterocycles. The molecule has 4 atom stereocenters. The maximum Gasteiger partial charge on any atom is 0.197 e. The molecular weight excluding hydrogens is 184 g/mol. The number of aliphatic hydroxyl groups is 1. The summed E-state index contributed by atoms with van der Waals surface area (Å²) in [7, 11) is 1.66. The minimum atomic E-state index is -0.721. The topological polar surface area (TPSA) is 47.9 Å². The van der Waals surface area contributed by atoms with E-state index in [2.05, 4.69) is 6.92 Å². The molecule has 0 aromatic rings. The van der Waals surface area contributed by atoms with Gasteiger partial charge in [-0.05, 0) is 6.42 Å². The lowest BCUT2D eigenvalue weighted by Crippen LogP contribution is -2.69. The van der Waals surface area contributed by atoms with Crippen LogP contribution in [0.1, 0.15) is 19.8 Å². The second kappa shape index (κ2) is 3.77. The van der Waals surface area contributed by atoms with Gasteiger partial charge in [-0.3, -0.25) is 0 Å². The van der Waals surface area contributed by atoms with Crippen LogP contribution in [0.3, 0.4) is 0 Å². The van der Waals surface area contributed by atoms with Crippen molar-refractivity contribution in [2.24, 2.45) is 5.92 Å². The van der Waals surface area contributed by atoms with Crippen molar-refractivity contribution in [3.63, 3.8) is 0 Å². The van der Waals surface area contributed by atoms with Crippen LogP contribution in [-0.2, 0) is 14.2 Å². The van der Waals surface area contributed by atoms with E-state index < -0.39 is 5.79 Å². The van der Waals surface area contributed by atoms with Crippen LogP contribution < -0.4 is 0 Å². The highest BCUT2D eigenvalue weighted by molar-refractivity contribution is 5.00. The normalized spacial score (nSPS) is 46.1. The fourth-order valence-corrected chi connectivity index (χ4v) is 2.61. The lowest BCUT2D eigenvalue weighted by atomic mass is 9.78. The molecule has 0 saturated carbocycles. The first-order chi connectivity index (χ1) is 6.75. The molecule has 0 aromatic carbocycles. The Morgan fingerprint density at radius 2 is 2.29 bits per heavy atom. The van der Waals surface area contributed by atoms with Crippen molar-refractivity contribution in [2.75, 3.05) is 20.3 Å². The molecule has 3 saturated heterocycles. The molecule has 0 aromatic heterocycles. The van der Waals surface area contributed by atoms with Gasteiger partial charge in [0.2, 0.25) is 0 Å². The van der Waals surface area contributed by atoms with Crippen molar-refractivity contribution in [2.45, 2.75) is 37.8 Å². The molecule has 3 heterocycles. The zero-order chi connectivity index (χ0) is 10.2. The van der Waals surface area contributed by atoms with Gasteiger partial charge in [-0.25, -0.2) is 0 Å². The predicted molar refractivity (Wildman–Crippen MR) is 49.8 cm³/mol. The Balaban J connectivity index is 2.00. The summed E-state index contributed by atoms with van der Waals surface area (Å²) in [6.07, 6.45) is 2.20. The van der Waals surface area contributed by atoms with Gasteiger partial charge in [0.1, 0.15) is 0 Å². The Morgan fingerprint density at radius 3 is 2.86 bits per heavy atom. The van der Waals surface area contributed by atoms with Gasteiger partial charge in [-0.15, -0.1) is 0 Å². The third-order valence-corrected chi connectivity index (χ3v) is 3.24. The Labute approximate surface area is 84.1 Å². The summed E-state index contributed by atoms with van der Waals surface area (Å²) >= 11 is 0. The number of hydrogen-bond donors (Lipinski definition) is 1. The Hall–Kier alpha value is -0.160. The molecule has 3 fully saturated rings. The van der Waals surface area contributed by atoms with Crippen molar-refractivity contribution >= 4 is 0 Å². The van der Waals surface area contributed by atoms with Crippen molar-refractivity contribution in [3.8, 4) is 0 Å². The van der Waals surface area contributed by atoms with E-state index in [-0.39, 0.29) is 18.8 Å². The number of methoxy groups -OCH3 is 1. The first-order valence-corrected chi connectivity index (χ1v) is 5.21. The highest BCUT2D eigenvalue weighted by Gasteiger charge is 2.60. The van der Waals surface area contributed by atoms with Crippen molar-refractivity contribution in [1.82, 2.24) is 0 Å². The molecule has 0 aliphatic carbocycles. The predicted octanol–water partition coefficient (Wildman–Crippen LogP) is 0.535. The van der Waals surface area contributed by atoms with Crippen LogP contribution in [0.5, 0.6) is 0 Å². The monoisotopic (exact) mass is 202 g/mol. The fraction of sp³-hybridized carbons (Fsp3) is 1.00. The number of ether oxygens (including phenoxy) is 3. The maximum atomic E-state index is 9.28. The molecule has 14 heavy (non-hydrogen) atoms. The molecule has 4 unspecified atom stereocenters. The van der Waals surface area contributed by atoms with Gasteiger partial charge in [0.05, 0.1) is 25.4 Å². The quantitative estimate of drug-likeness (QED) is 0.722. The van der Waals surface area contributed by atoms with Gasteiger partial charge in [0, 0.05) is 19.4 Å². The molecular formula is C10H18O4. The highest BCUT2D eigenvalue weighted by atomic mass is 16.8. The molecule has 82 valence electrons. The molecule has 0 radical (unpaired) electrons. The van der Waals surface area contributed by atoms with Crippen LogP contribution in [-0.4, -0.2) is 43.4 Å². The Morgan fingerprint density at radius 1 is 1.50 bits per heavy atom. The smallest absolute Gasteiger partial charge is 0.197 e. The summed E-state index contributed by atoms with van der Waals surface area (Å²) in [5.74, 6) is -0.374. The highest BCUT2D eigenvalue weighted by Crippen LogP contribution is 2.49. The summed E-state index contributed by atoms with van der Waals surface area (Å²) in [6, 6.07) is 0. The molecule has 4 heteroatoms. The first-order valence-electron chi connectivity index (χ1n) is 5.21. The first kappa shape index (κ1) is 10.4. The minimum absolute atomic E-state index is 0.0534. The lowest BCUT2D eigenvalue weighted by molar-refractivity contribution is -0.444. The zero-order valence-electron chi connectivity index (χ0n) is 8.73. The van der Waals surface area contributed by atoms with E-state index >= 15 is 0 Å². The number of rotatable bonds is 4. The van der Waals surface area contributed by atoms with Crippen molar-refractivity contribution < 1.29 is 19.3 Å².